The van der Waals surface area contributed by atoms with Gasteiger partial charge in [-0.1, -0.05) is 0 Å². The van der Waals surface area contributed by atoms with E-state index < -0.39 is 0 Å². The molecule has 0 unspecified atom stereocenters. The van der Waals surface area contributed by atoms with Crippen LogP contribution in [0.2, 0.25) is 0 Å². The van der Waals surface area contributed by atoms with E-state index in [0.29, 0.717) is 11.4 Å². The smallest absolute Gasteiger partial charge is 0.240 e. The molecule has 166 valence electrons. The van der Waals surface area contributed by atoms with Crippen molar-refractivity contribution in [2.75, 3.05) is 52.2 Å². The van der Waals surface area contributed by atoms with Crippen LogP contribution in [-0.4, -0.2) is 72.6 Å². The molecule has 4 rings (SSSR count). The van der Waals surface area contributed by atoms with Gasteiger partial charge in [-0.25, -0.2) is 14.4 Å². The van der Waals surface area contributed by atoms with Crippen LogP contribution in [0.3, 0.4) is 0 Å². The van der Waals surface area contributed by atoms with Crippen molar-refractivity contribution in [3.05, 3.63) is 60.4 Å². The van der Waals surface area contributed by atoms with Gasteiger partial charge in [0, 0.05) is 37.3 Å². The highest BCUT2D eigenvalue weighted by Crippen LogP contribution is 2.27. The number of aromatic nitrogens is 2. The number of carbonyl (C=O) groups excluding carboxylic acids is 1. The molecule has 0 spiro atoms. The average Bonchev–Trinajstić information content (AvgIpc) is 2.81. The minimum Gasteiger partial charge on any atom is -0.497 e. The van der Waals surface area contributed by atoms with Crippen LogP contribution in [0.15, 0.2) is 54.6 Å². The molecule has 2 aromatic carbocycles. The van der Waals surface area contributed by atoms with Gasteiger partial charge >= 0.3 is 0 Å². The average molecular weight is 436 g/mol. The molecule has 1 aliphatic rings. The Hall–Kier alpha value is -3.36. The predicted octanol–water partition coefficient (Wildman–Crippen LogP) is 3.14. The van der Waals surface area contributed by atoms with E-state index in [-0.39, 0.29) is 24.2 Å². The molecular weight excluding hydrogens is 409 g/mol. The van der Waals surface area contributed by atoms with Gasteiger partial charge in [-0.3, -0.25) is 15.0 Å². The molecule has 1 amide bonds. The number of rotatable bonds is 6. The van der Waals surface area contributed by atoms with Crippen LogP contribution in [-0.2, 0) is 4.79 Å². The van der Waals surface area contributed by atoms with Crippen LogP contribution >= 0.6 is 0 Å². The molecule has 32 heavy (non-hydrogen) atoms. The summed E-state index contributed by atoms with van der Waals surface area (Å²) in [6, 6.07) is 15.4. The van der Waals surface area contributed by atoms with Gasteiger partial charge in [0.1, 0.15) is 11.6 Å². The Morgan fingerprint density at radius 3 is 2.09 bits per heavy atom. The van der Waals surface area contributed by atoms with E-state index in [9.17, 15) is 9.18 Å². The maximum atomic E-state index is 13.4. The number of likely N-dealkylation sites (N-methyl/N-ethyl adjacent to an activating group) is 1. The number of hydrogen-bond acceptors (Lipinski definition) is 6. The molecule has 0 saturated carbocycles. The lowest BCUT2D eigenvalue weighted by molar-refractivity contribution is -0.117. The lowest BCUT2D eigenvalue weighted by atomic mass is 10.1. The minimum absolute atomic E-state index is 0.161. The van der Waals surface area contributed by atoms with Gasteiger partial charge < -0.3 is 9.64 Å². The lowest BCUT2D eigenvalue weighted by Gasteiger charge is -2.31. The number of nitrogens with one attached hydrogen (secondary N) is 1. The van der Waals surface area contributed by atoms with Crippen molar-refractivity contribution >= 4 is 11.9 Å². The third-order valence-electron chi connectivity index (χ3n) is 5.47. The van der Waals surface area contributed by atoms with Crippen molar-refractivity contribution in [2.24, 2.45) is 0 Å². The fourth-order valence-corrected chi connectivity index (χ4v) is 3.55. The topological polar surface area (TPSA) is 70.6 Å². The van der Waals surface area contributed by atoms with Crippen LogP contribution in [0.1, 0.15) is 0 Å². The third-order valence-corrected chi connectivity index (χ3v) is 5.47. The zero-order valence-corrected chi connectivity index (χ0v) is 18.2. The summed E-state index contributed by atoms with van der Waals surface area (Å²) in [6.45, 7) is 3.85. The van der Waals surface area contributed by atoms with Crippen LogP contribution in [0, 0.1) is 5.82 Å². The normalized spacial score (nSPS) is 14.8. The second-order valence-corrected chi connectivity index (χ2v) is 7.83. The standard InChI is InChI=1S/C24H26FN5O2/c1-29-11-13-30(14-12-29)16-23(31)28-24-26-21(17-3-7-19(25)8-4-17)15-22(27-24)18-5-9-20(32-2)10-6-18/h3-10,15H,11-14,16H2,1-2H3,(H,26,27,28,31). The summed E-state index contributed by atoms with van der Waals surface area (Å²) >= 11 is 0. The number of piperazine rings is 1. The monoisotopic (exact) mass is 435 g/mol. The molecule has 0 aliphatic carbocycles. The molecule has 8 heteroatoms. The van der Waals surface area contributed by atoms with E-state index in [1.54, 1.807) is 19.2 Å². The van der Waals surface area contributed by atoms with Crippen LogP contribution in [0.5, 0.6) is 5.75 Å². The summed E-state index contributed by atoms with van der Waals surface area (Å²) in [5.74, 6) is 0.476. The molecular formula is C24H26FN5O2. The highest BCUT2D eigenvalue weighted by atomic mass is 19.1. The Morgan fingerprint density at radius 2 is 1.53 bits per heavy atom. The first-order valence-electron chi connectivity index (χ1n) is 10.5. The van der Waals surface area contributed by atoms with E-state index in [1.165, 1.54) is 12.1 Å². The summed E-state index contributed by atoms with van der Waals surface area (Å²) in [5, 5.41) is 2.84. The fourth-order valence-electron chi connectivity index (χ4n) is 3.55. The Bertz CT molecular complexity index is 1060. The number of ether oxygens (including phenoxy) is 1. The molecule has 1 fully saturated rings. The van der Waals surface area contributed by atoms with Crippen molar-refractivity contribution in [2.45, 2.75) is 0 Å². The number of methoxy groups -OCH3 is 1. The van der Waals surface area contributed by atoms with E-state index in [2.05, 4.69) is 32.1 Å². The first kappa shape index (κ1) is 21.9. The van der Waals surface area contributed by atoms with Crippen molar-refractivity contribution in [3.63, 3.8) is 0 Å². The Morgan fingerprint density at radius 1 is 0.969 bits per heavy atom. The molecule has 0 atom stereocenters. The first-order valence-corrected chi connectivity index (χ1v) is 10.5. The van der Waals surface area contributed by atoms with Crippen LogP contribution < -0.4 is 10.1 Å². The fraction of sp³-hybridized carbons (Fsp3) is 0.292. The number of anilines is 1. The second-order valence-electron chi connectivity index (χ2n) is 7.83. The third kappa shape index (κ3) is 5.46. The largest absolute Gasteiger partial charge is 0.497 e. The van der Waals surface area contributed by atoms with Gasteiger partial charge in [0.25, 0.3) is 0 Å². The summed E-state index contributed by atoms with van der Waals surface area (Å²) < 4.78 is 18.6. The number of hydrogen-bond donors (Lipinski definition) is 1. The quantitative estimate of drug-likeness (QED) is 0.642. The van der Waals surface area contributed by atoms with E-state index in [0.717, 1.165) is 43.1 Å². The summed E-state index contributed by atoms with van der Waals surface area (Å²) in [4.78, 5) is 26.1. The number of halogens is 1. The Kier molecular flexibility index (Phi) is 6.72. The highest BCUT2D eigenvalue weighted by Gasteiger charge is 2.18. The van der Waals surface area contributed by atoms with Gasteiger partial charge in [0.2, 0.25) is 11.9 Å². The van der Waals surface area contributed by atoms with E-state index in [4.69, 9.17) is 4.74 Å². The van der Waals surface area contributed by atoms with Crippen molar-refractivity contribution < 1.29 is 13.9 Å². The number of nitrogens with zero attached hydrogens (tertiary/aromatic N) is 4. The molecule has 0 radical (unpaired) electrons. The molecule has 1 N–H and O–H groups in total. The van der Waals surface area contributed by atoms with Gasteiger partial charge in [-0.2, -0.15) is 0 Å². The molecule has 2 heterocycles. The summed E-state index contributed by atoms with van der Waals surface area (Å²) in [7, 11) is 3.69. The van der Waals surface area contributed by atoms with Crippen molar-refractivity contribution in [3.8, 4) is 28.3 Å². The Balaban J connectivity index is 1.60. The van der Waals surface area contributed by atoms with Gasteiger partial charge in [-0.15, -0.1) is 0 Å². The predicted molar refractivity (Wildman–Crippen MR) is 122 cm³/mol. The van der Waals surface area contributed by atoms with E-state index in [1.807, 2.05) is 30.3 Å². The van der Waals surface area contributed by atoms with Crippen molar-refractivity contribution in [1.29, 1.82) is 0 Å². The molecule has 1 saturated heterocycles. The Labute approximate surface area is 186 Å². The van der Waals surface area contributed by atoms with Gasteiger partial charge in [0.05, 0.1) is 25.0 Å². The van der Waals surface area contributed by atoms with Crippen molar-refractivity contribution in [1.82, 2.24) is 19.8 Å². The molecule has 3 aromatic rings. The SMILES string of the molecule is COc1ccc(-c2cc(-c3ccc(F)cc3)nc(NC(=O)CN3CCN(C)CC3)n2)cc1. The summed E-state index contributed by atoms with van der Waals surface area (Å²) in [5.41, 5.74) is 2.84. The first-order chi connectivity index (χ1) is 15.5. The van der Waals surface area contributed by atoms with Crippen LogP contribution in [0.4, 0.5) is 10.3 Å². The lowest BCUT2D eigenvalue weighted by Crippen LogP contribution is -2.47. The van der Waals surface area contributed by atoms with Gasteiger partial charge in [0.15, 0.2) is 0 Å². The zero-order chi connectivity index (χ0) is 22.5. The highest BCUT2D eigenvalue weighted by molar-refractivity contribution is 5.91. The number of amides is 1. The second kappa shape index (κ2) is 9.84. The molecule has 1 aliphatic heterocycles. The maximum Gasteiger partial charge on any atom is 0.240 e. The molecule has 1 aromatic heterocycles. The maximum absolute atomic E-state index is 13.4. The van der Waals surface area contributed by atoms with E-state index >= 15 is 0 Å². The molecule has 0 bridgehead atoms. The number of carbonyl (C=O) groups is 1. The molecule has 7 nitrogen and oxygen atoms in total. The summed E-state index contributed by atoms with van der Waals surface area (Å²) in [6.07, 6.45) is 0. The minimum atomic E-state index is -0.320. The van der Waals surface area contributed by atoms with Crippen LogP contribution in [0.25, 0.3) is 22.5 Å². The van der Waals surface area contributed by atoms with Gasteiger partial charge in [-0.05, 0) is 61.6 Å². The zero-order valence-electron chi connectivity index (χ0n) is 18.2. The number of benzene rings is 2.